The fourth-order valence-corrected chi connectivity index (χ4v) is 0.907. The SMILES string of the molecule is Cc1nc(C#N)ccc1I. The van der Waals surface area contributed by atoms with Crippen LogP contribution in [0.15, 0.2) is 12.1 Å². The zero-order valence-corrected chi connectivity index (χ0v) is 7.58. The summed E-state index contributed by atoms with van der Waals surface area (Å²) >= 11 is 2.19. The van der Waals surface area contributed by atoms with E-state index in [0.717, 1.165) is 9.26 Å². The highest BCUT2D eigenvalue weighted by molar-refractivity contribution is 14.1. The van der Waals surface area contributed by atoms with Crippen LogP contribution < -0.4 is 0 Å². The molecule has 1 heterocycles. The third-order valence-corrected chi connectivity index (χ3v) is 2.28. The van der Waals surface area contributed by atoms with Crippen LogP contribution in [0.3, 0.4) is 0 Å². The molecule has 0 saturated heterocycles. The van der Waals surface area contributed by atoms with Gasteiger partial charge in [-0.15, -0.1) is 0 Å². The zero-order chi connectivity index (χ0) is 7.56. The first-order valence-electron chi connectivity index (χ1n) is 2.77. The molecule has 0 aliphatic carbocycles. The Morgan fingerprint density at radius 1 is 1.60 bits per heavy atom. The summed E-state index contributed by atoms with van der Waals surface area (Å²) in [6, 6.07) is 5.59. The van der Waals surface area contributed by atoms with Crippen LogP contribution in [0.25, 0.3) is 0 Å². The first-order chi connectivity index (χ1) is 4.74. The van der Waals surface area contributed by atoms with Crippen molar-refractivity contribution in [3.8, 4) is 6.07 Å². The summed E-state index contributed by atoms with van der Waals surface area (Å²) in [4.78, 5) is 4.02. The van der Waals surface area contributed by atoms with E-state index in [4.69, 9.17) is 5.26 Å². The monoisotopic (exact) mass is 244 g/mol. The molecule has 0 amide bonds. The molecule has 1 aromatic heterocycles. The number of aromatic nitrogens is 1. The molecule has 10 heavy (non-hydrogen) atoms. The fourth-order valence-electron chi connectivity index (χ4n) is 0.606. The van der Waals surface area contributed by atoms with Gasteiger partial charge >= 0.3 is 0 Å². The molecule has 1 aromatic rings. The van der Waals surface area contributed by atoms with Crippen molar-refractivity contribution < 1.29 is 0 Å². The Morgan fingerprint density at radius 3 is 2.80 bits per heavy atom. The molecule has 3 heteroatoms. The molecule has 0 fully saturated rings. The molecule has 0 unspecified atom stereocenters. The summed E-state index contributed by atoms with van der Waals surface area (Å²) in [5.41, 5.74) is 1.40. The summed E-state index contributed by atoms with van der Waals surface area (Å²) in [7, 11) is 0. The van der Waals surface area contributed by atoms with Gasteiger partial charge in [0.1, 0.15) is 11.8 Å². The second-order valence-electron chi connectivity index (χ2n) is 1.88. The Hall–Kier alpha value is -0.630. The van der Waals surface area contributed by atoms with E-state index in [0.29, 0.717) is 5.69 Å². The normalized spacial score (nSPS) is 8.90. The summed E-state index contributed by atoms with van der Waals surface area (Å²) in [6.07, 6.45) is 0. The zero-order valence-electron chi connectivity index (χ0n) is 5.43. The predicted molar refractivity (Wildman–Crippen MR) is 46.4 cm³/mol. The lowest BCUT2D eigenvalue weighted by molar-refractivity contribution is 1.15. The molecule has 0 aliphatic rings. The van der Waals surface area contributed by atoms with Gasteiger partial charge < -0.3 is 0 Å². The maximum absolute atomic E-state index is 8.44. The Morgan fingerprint density at radius 2 is 2.30 bits per heavy atom. The van der Waals surface area contributed by atoms with Gasteiger partial charge in [-0.3, -0.25) is 0 Å². The van der Waals surface area contributed by atoms with Gasteiger partial charge in [0.25, 0.3) is 0 Å². The van der Waals surface area contributed by atoms with Crippen LogP contribution in [0.5, 0.6) is 0 Å². The third kappa shape index (κ3) is 1.45. The predicted octanol–water partition coefficient (Wildman–Crippen LogP) is 1.87. The molecule has 0 bridgehead atoms. The van der Waals surface area contributed by atoms with Gasteiger partial charge in [-0.25, -0.2) is 4.98 Å². The molecule has 0 spiro atoms. The number of hydrogen-bond donors (Lipinski definition) is 0. The van der Waals surface area contributed by atoms with Crippen molar-refractivity contribution in [3.05, 3.63) is 27.1 Å². The van der Waals surface area contributed by atoms with E-state index in [1.54, 1.807) is 6.07 Å². The number of aryl methyl sites for hydroxylation is 1. The number of pyridine rings is 1. The van der Waals surface area contributed by atoms with Crippen molar-refractivity contribution in [2.45, 2.75) is 6.92 Å². The largest absolute Gasteiger partial charge is 0.241 e. The highest BCUT2D eigenvalue weighted by atomic mass is 127. The Kier molecular flexibility index (Phi) is 2.22. The van der Waals surface area contributed by atoms with Gasteiger partial charge in [0.05, 0.1) is 5.69 Å². The van der Waals surface area contributed by atoms with Crippen LogP contribution in [0.4, 0.5) is 0 Å². The van der Waals surface area contributed by atoms with Gasteiger partial charge in [0, 0.05) is 3.57 Å². The summed E-state index contributed by atoms with van der Waals surface area (Å²) < 4.78 is 1.09. The first-order valence-corrected chi connectivity index (χ1v) is 3.85. The minimum atomic E-state index is 0.484. The van der Waals surface area contributed by atoms with Gasteiger partial charge in [-0.05, 0) is 41.6 Å². The molecular formula is C7H5IN2. The molecule has 0 aromatic carbocycles. The van der Waals surface area contributed by atoms with Crippen LogP contribution in [-0.2, 0) is 0 Å². The number of rotatable bonds is 0. The third-order valence-electron chi connectivity index (χ3n) is 1.14. The van der Waals surface area contributed by atoms with Crippen molar-refractivity contribution in [1.29, 1.82) is 5.26 Å². The van der Waals surface area contributed by atoms with Crippen LogP contribution in [0, 0.1) is 21.8 Å². The summed E-state index contributed by atoms with van der Waals surface area (Å²) in [6.45, 7) is 1.89. The van der Waals surface area contributed by atoms with E-state index in [2.05, 4.69) is 27.6 Å². The lowest BCUT2D eigenvalue weighted by atomic mass is 10.3. The van der Waals surface area contributed by atoms with Gasteiger partial charge in [0.2, 0.25) is 0 Å². The lowest BCUT2D eigenvalue weighted by Crippen LogP contribution is -1.88. The number of nitrogens with zero attached hydrogens (tertiary/aromatic N) is 2. The minimum Gasteiger partial charge on any atom is -0.241 e. The van der Waals surface area contributed by atoms with Crippen LogP contribution >= 0.6 is 22.6 Å². The Bertz CT molecular complexity index is 288. The molecule has 2 nitrogen and oxygen atoms in total. The van der Waals surface area contributed by atoms with Crippen molar-refractivity contribution >= 4 is 22.6 Å². The molecule has 0 saturated carbocycles. The van der Waals surface area contributed by atoms with E-state index in [-0.39, 0.29) is 0 Å². The highest BCUT2D eigenvalue weighted by Crippen LogP contribution is 2.08. The van der Waals surface area contributed by atoms with Crippen molar-refractivity contribution in [2.24, 2.45) is 0 Å². The molecule has 0 radical (unpaired) electrons. The second kappa shape index (κ2) is 2.97. The summed E-state index contributed by atoms with van der Waals surface area (Å²) in [5.74, 6) is 0. The maximum Gasteiger partial charge on any atom is 0.140 e. The first kappa shape index (κ1) is 7.48. The van der Waals surface area contributed by atoms with E-state index >= 15 is 0 Å². The van der Waals surface area contributed by atoms with Crippen molar-refractivity contribution in [2.75, 3.05) is 0 Å². The van der Waals surface area contributed by atoms with Crippen LogP contribution in [-0.4, -0.2) is 4.98 Å². The second-order valence-corrected chi connectivity index (χ2v) is 3.04. The maximum atomic E-state index is 8.44. The quantitative estimate of drug-likeness (QED) is 0.653. The van der Waals surface area contributed by atoms with Crippen molar-refractivity contribution in [3.63, 3.8) is 0 Å². The molecule has 0 N–H and O–H groups in total. The van der Waals surface area contributed by atoms with E-state index in [1.165, 1.54) is 0 Å². The van der Waals surface area contributed by atoms with Gasteiger partial charge in [-0.2, -0.15) is 5.26 Å². The van der Waals surface area contributed by atoms with E-state index in [1.807, 2.05) is 19.1 Å². The minimum absolute atomic E-state index is 0.484. The van der Waals surface area contributed by atoms with Crippen LogP contribution in [0.1, 0.15) is 11.4 Å². The summed E-state index contributed by atoms with van der Waals surface area (Å²) in [5, 5.41) is 8.44. The van der Waals surface area contributed by atoms with Crippen molar-refractivity contribution in [1.82, 2.24) is 4.98 Å². The average Bonchev–Trinajstić information content (AvgIpc) is 1.95. The smallest absolute Gasteiger partial charge is 0.140 e. The fraction of sp³-hybridized carbons (Fsp3) is 0.143. The highest BCUT2D eigenvalue weighted by Gasteiger charge is 1.95. The van der Waals surface area contributed by atoms with Gasteiger partial charge in [0.15, 0.2) is 0 Å². The molecule has 50 valence electrons. The molecule has 0 aliphatic heterocycles. The average molecular weight is 244 g/mol. The molecule has 0 atom stereocenters. The number of nitriles is 1. The van der Waals surface area contributed by atoms with Crippen LogP contribution in [0.2, 0.25) is 0 Å². The Balaban J connectivity index is 3.20. The topological polar surface area (TPSA) is 36.7 Å². The Labute approximate surface area is 73.0 Å². The standard InChI is InChI=1S/C7H5IN2/c1-5-7(8)3-2-6(4-9)10-5/h2-3H,1H3. The molecular weight excluding hydrogens is 239 g/mol. The van der Waals surface area contributed by atoms with Gasteiger partial charge in [-0.1, -0.05) is 0 Å². The number of hydrogen-bond acceptors (Lipinski definition) is 2. The molecule has 1 rings (SSSR count). The van der Waals surface area contributed by atoms with E-state index in [9.17, 15) is 0 Å². The lowest BCUT2D eigenvalue weighted by Gasteiger charge is -1.94. The number of halogens is 1. The van der Waals surface area contributed by atoms with E-state index < -0.39 is 0 Å².